The third-order valence-corrected chi connectivity index (χ3v) is 5.52. The number of amides is 1. The zero-order chi connectivity index (χ0) is 16.7. The summed E-state index contributed by atoms with van der Waals surface area (Å²) in [6, 6.07) is 2.00. The second-order valence-corrected chi connectivity index (χ2v) is 7.07. The Balaban J connectivity index is 1.58. The van der Waals surface area contributed by atoms with Crippen LogP contribution in [0.4, 0.5) is 5.69 Å². The van der Waals surface area contributed by atoms with Gasteiger partial charge in [-0.05, 0) is 37.8 Å². The highest BCUT2D eigenvalue weighted by Gasteiger charge is 2.47. The van der Waals surface area contributed by atoms with Gasteiger partial charge in [0.2, 0.25) is 5.91 Å². The smallest absolute Gasteiger partial charge is 0.228 e. The van der Waals surface area contributed by atoms with Gasteiger partial charge in [0.05, 0.1) is 29.2 Å². The lowest BCUT2D eigenvalue weighted by Crippen LogP contribution is -2.44. The number of aromatic nitrogens is 3. The van der Waals surface area contributed by atoms with Crippen molar-refractivity contribution >= 4 is 11.6 Å². The van der Waals surface area contributed by atoms with E-state index in [1.807, 2.05) is 48.2 Å². The monoisotopic (exact) mass is 325 g/mol. The lowest BCUT2D eigenvalue weighted by atomic mass is 9.77. The molecule has 0 bridgehead atoms. The van der Waals surface area contributed by atoms with Crippen molar-refractivity contribution in [2.75, 3.05) is 31.6 Å². The maximum absolute atomic E-state index is 12.5. The van der Waals surface area contributed by atoms with Crippen molar-refractivity contribution in [2.24, 2.45) is 5.41 Å². The van der Waals surface area contributed by atoms with E-state index in [-0.39, 0.29) is 5.41 Å². The van der Waals surface area contributed by atoms with Gasteiger partial charge < -0.3 is 9.80 Å². The van der Waals surface area contributed by atoms with Crippen LogP contribution in [0, 0.1) is 12.3 Å². The molecule has 0 aliphatic carbocycles. The van der Waals surface area contributed by atoms with Gasteiger partial charge in [0.25, 0.3) is 0 Å². The molecule has 1 amide bonds. The van der Waals surface area contributed by atoms with Crippen LogP contribution in [0.25, 0.3) is 5.69 Å². The number of pyridine rings is 1. The van der Waals surface area contributed by atoms with E-state index in [1.165, 1.54) is 0 Å². The molecular formula is C18H23N5O. The Labute approximate surface area is 142 Å². The van der Waals surface area contributed by atoms with E-state index in [4.69, 9.17) is 0 Å². The Bertz CT molecular complexity index is 760. The molecule has 2 aliphatic heterocycles. The first-order valence-corrected chi connectivity index (χ1v) is 8.55. The molecule has 4 heterocycles. The summed E-state index contributed by atoms with van der Waals surface area (Å²) in [4.78, 5) is 21.0. The van der Waals surface area contributed by atoms with Crippen LogP contribution >= 0.6 is 0 Å². The van der Waals surface area contributed by atoms with Crippen molar-refractivity contribution in [1.82, 2.24) is 19.7 Å². The lowest BCUT2D eigenvalue weighted by molar-refractivity contribution is -0.135. The molecule has 126 valence electrons. The Morgan fingerprint density at radius 2 is 1.83 bits per heavy atom. The largest absolute Gasteiger partial charge is 0.368 e. The molecule has 2 aliphatic rings. The molecule has 6 nitrogen and oxygen atoms in total. The average molecular weight is 325 g/mol. The van der Waals surface area contributed by atoms with Crippen LogP contribution in [0.5, 0.6) is 0 Å². The number of anilines is 1. The molecule has 0 saturated carbocycles. The van der Waals surface area contributed by atoms with Crippen molar-refractivity contribution < 1.29 is 4.79 Å². The first-order chi connectivity index (χ1) is 11.6. The molecular weight excluding hydrogens is 302 g/mol. The third-order valence-electron chi connectivity index (χ3n) is 5.52. The predicted octanol–water partition coefficient (Wildman–Crippen LogP) is 2.02. The minimum absolute atomic E-state index is 0.129. The van der Waals surface area contributed by atoms with Gasteiger partial charge in [-0.1, -0.05) is 0 Å². The number of aryl methyl sites for hydroxylation is 1. The predicted molar refractivity (Wildman–Crippen MR) is 92.2 cm³/mol. The second kappa shape index (κ2) is 5.61. The number of likely N-dealkylation sites (tertiary alicyclic amines) is 1. The van der Waals surface area contributed by atoms with Gasteiger partial charge in [-0.15, -0.1) is 0 Å². The van der Waals surface area contributed by atoms with Crippen molar-refractivity contribution in [3.05, 3.63) is 36.4 Å². The molecule has 4 rings (SSSR count). The van der Waals surface area contributed by atoms with E-state index >= 15 is 0 Å². The van der Waals surface area contributed by atoms with Crippen LogP contribution in [0.1, 0.15) is 24.8 Å². The molecule has 0 unspecified atom stereocenters. The molecule has 0 N–H and O–H groups in total. The Hall–Kier alpha value is -2.37. The SMILES string of the molecule is Cc1cnn(-c2ccncc2N2CCC3(CCN(C)C3=O)CC2)c1. The van der Waals surface area contributed by atoms with Crippen LogP contribution in [0.15, 0.2) is 30.9 Å². The number of nitrogens with zero attached hydrogens (tertiary/aromatic N) is 5. The Morgan fingerprint density at radius 3 is 2.46 bits per heavy atom. The highest BCUT2D eigenvalue weighted by molar-refractivity contribution is 5.85. The first kappa shape index (κ1) is 15.2. The summed E-state index contributed by atoms with van der Waals surface area (Å²) >= 11 is 0. The summed E-state index contributed by atoms with van der Waals surface area (Å²) < 4.78 is 1.91. The highest BCUT2D eigenvalue weighted by Crippen LogP contribution is 2.42. The number of carbonyl (C=O) groups is 1. The number of hydrogen-bond donors (Lipinski definition) is 0. The molecule has 0 aromatic carbocycles. The fourth-order valence-corrected chi connectivity index (χ4v) is 4.00. The van der Waals surface area contributed by atoms with E-state index in [0.29, 0.717) is 5.91 Å². The molecule has 2 fully saturated rings. The van der Waals surface area contributed by atoms with Crippen molar-refractivity contribution in [1.29, 1.82) is 0 Å². The maximum Gasteiger partial charge on any atom is 0.228 e. The Morgan fingerprint density at radius 1 is 1.08 bits per heavy atom. The third kappa shape index (κ3) is 2.37. The summed E-state index contributed by atoms with van der Waals surface area (Å²) in [7, 11) is 1.92. The summed E-state index contributed by atoms with van der Waals surface area (Å²) in [5, 5.41) is 4.44. The van der Waals surface area contributed by atoms with E-state index in [1.54, 1.807) is 6.20 Å². The number of piperidine rings is 1. The summed E-state index contributed by atoms with van der Waals surface area (Å²) in [6.45, 7) is 4.71. The van der Waals surface area contributed by atoms with Gasteiger partial charge >= 0.3 is 0 Å². The van der Waals surface area contributed by atoms with Crippen molar-refractivity contribution in [2.45, 2.75) is 26.2 Å². The normalized spacial score (nSPS) is 20.2. The highest BCUT2D eigenvalue weighted by atomic mass is 16.2. The number of hydrogen-bond acceptors (Lipinski definition) is 4. The molecule has 1 spiro atoms. The molecule has 6 heteroatoms. The van der Waals surface area contributed by atoms with Gasteiger partial charge in [-0.3, -0.25) is 9.78 Å². The molecule has 0 radical (unpaired) electrons. The number of rotatable bonds is 2. The zero-order valence-electron chi connectivity index (χ0n) is 14.3. The molecule has 24 heavy (non-hydrogen) atoms. The fourth-order valence-electron chi connectivity index (χ4n) is 4.00. The van der Waals surface area contributed by atoms with Crippen molar-refractivity contribution in [3.8, 4) is 5.69 Å². The van der Waals surface area contributed by atoms with E-state index in [0.717, 1.165) is 55.8 Å². The van der Waals surface area contributed by atoms with Gasteiger partial charge in [-0.2, -0.15) is 5.10 Å². The summed E-state index contributed by atoms with van der Waals surface area (Å²) in [5.74, 6) is 0.330. The van der Waals surface area contributed by atoms with Gasteiger partial charge in [0, 0.05) is 39.1 Å². The lowest BCUT2D eigenvalue weighted by Gasteiger charge is -2.39. The van der Waals surface area contributed by atoms with E-state index in [2.05, 4.69) is 15.0 Å². The standard InChI is InChI=1S/C18H23N5O/c1-14-11-20-23(13-14)15-3-7-19-12-16(15)22-9-5-18(6-10-22)4-8-21(2)17(18)24/h3,7,11-13H,4-6,8-10H2,1-2H3. The quantitative estimate of drug-likeness (QED) is 0.848. The molecule has 2 aromatic rings. The summed E-state index contributed by atoms with van der Waals surface area (Å²) in [5.41, 5.74) is 3.14. The fraction of sp³-hybridized carbons (Fsp3) is 0.500. The topological polar surface area (TPSA) is 54.3 Å². The van der Waals surface area contributed by atoms with Crippen LogP contribution in [0.2, 0.25) is 0 Å². The van der Waals surface area contributed by atoms with Crippen LogP contribution < -0.4 is 4.90 Å². The Kier molecular flexibility index (Phi) is 3.55. The number of carbonyl (C=O) groups excluding carboxylic acids is 1. The minimum Gasteiger partial charge on any atom is -0.368 e. The van der Waals surface area contributed by atoms with E-state index in [9.17, 15) is 4.79 Å². The average Bonchev–Trinajstić information content (AvgIpc) is 3.16. The van der Waals surface area contributed by atoms with Crippen LogP contribution in [-0.4, -0.2) is 52.3 Å². The van der Waals surface area contributed by atoms with Gasteiger partial charge in [-0.25, -0.2) is 4.68 Å². The van der Waals surface area contributed by atoms with Crippen LogP contribution in [-0.2, 0) is 4.79 Å². The van der Waals surface area contributed by atoms with Crippen LogP contribution in [0.3, 0.4) is 0 Å². The zero-order valence-corrected chi connectivity index (χ0v) is 14.3. The molecule has 0 atom stereocenters. The first-order valence-electron chi connectivity index (χ1n) is 8.55. The minimum atomic E-state index is -0.129. The summed E-state index contributed by atoms with van der Waals surface area (Å²) in [6.07, 6.45) is 10.4. The maximum atomic E-state index is 12.5. The molecule has 2 saturated heterocycles. The van der Waals surface area contributed by atoms with E-state index < -0.39 is 0 Å². The second-order valence-electron chi connectivity index (χ2n) is 7.07. The molecule has 2 aromatic heterocycles. The van der Waals surface area contributed by atoms with Crippen molar-refractivity contribution in [3.63, 3.8) is 0 Å². The van der Waals surface area contributed by atoms with Gasteiger partial charge in [0.1, 0.15) is 0 Å². The van der Waals surface area contributed by atoms with Gasteiger partial charge in [0.15, 0.2) is 0 Å².